The number of methoxy groups -OCH3 is 2. The molecule has 1 heterocycles. The summed E-state index contributed by atoms with van der Waals surface area (Å²) >= 11 is 0. The van der Waals surface area contributed by atoms with E-state index >= 15 is 0 Å². The number of para-hydroxylation sites is 1. The lowest BCUT2D eigenvalue weighted by Gasteiger charge is -2.19. The summed E-state index contributed by atoms with van der Waals surface area (Å²) in [6.45, 7) is 0.683. The minimum absolute atomic E-state index is 0.0871. The molecule has 1 aliphatic rings. The van der Waals surface area contributed by atoms with E-state index in [1.165, 1.54) is 7.11 Å². The number of rotatable bonds is 5. The number of nitrogens with one attached hydrogen (secondary N) is 1. The fourth-order valence-corrected chi connectivity index (χ4v) is 2.91. The second-order valence-corrected chi connectivity index (χ2v) is 5.69. The van der Waals surface area contributed by atoms with Crippen molar-refractivity contribution in [3.05, 3.63) is 48.0 Å². The van der Waals surface area contributed by atoms with Crippen molar-refractivity contribution in [2.45, 2.75) is 12.8 Å². The molecule has 2 aromatic carbocycles. The van der Waals surface area contributed by atoms with E-state index in [4.69, 9.17) is 9.47 Å². The molecule has 0 spiro atoms. The third-order valence-corrected chi connectivity index (χ3v) is 4.15. The topological polar surface area (TPSA) is 67.9 Å². The number of amides is 2. The highest BCUT2D eigenvalue weighted by atomic mass is 16.5. The lowest BCUT2D eigenvalue weighted by molar-refractivity contribution is -0.117. The van der Waals surface area contributed by atoms with Crippen LogP contribution in [0.4, 0.5) is 11.4 Å². The largest absolute Gasteiger partial charge is 0.496 e. The third kappa shape index (κ3) is 3.42. The zero-order valence-electron chi connectivity index (χ0n) is 14.2. The summed E-state index contributed by atoms with van der Waals surface area (Å²) in [5.41, 5.74) is 1.76. The first kappa shape index (κ1) is 16.8. The molecule has 1 aliphatic heterocycles. The SMILES string of the molecule is COc1ccccc1C(=O)Nc1ccc(N2CCCC2=O)c(OC)c1. The monoisotopic (exact) mass is 340 g/mol. The Bertz CT molecular complexity index is 804. The van der Waals surface area contributed by atoms with Gasteiger partial charge in [-0.05, 0) is 30.7 Å². The quantitative estimate of drug-likeness (QED) is 0.908. The Balaban J connectivity index is 1.83. The molecule has 1 fully saturated rings. The van der Waals surface area contributed by atoms with E-state index in [1.807, 2.05) is 0 Å². The molecule has 2 amide bonds. The van der Waals surface area contributed by atoms with Gasteiger partial charge in [0.2, 0.25) is 5.91 Å². The van der Waals surface area contributed by atoms with Crippen LogP contribution in [-0.2, 0) is 4.79 Å². The summed E-state index contributed by atoms with van der Waals surface area (Å²) in [6, 6.07) is 12.3. The smallest absolute Gasteiger partial charge is 0.259 e. The molecule has 25 heavy (non-hydrogen) atoms. The molecular weight excluding hydrogens is 320 g/mol. The molecule has 0 aliphatic carbocycles. The van der Waals surface area contributed by atoms with Gasteiger partial charge in [0.15, 0.2) is 0 Å². The summed E-state index contributed by atoms with van der Waals surface area (Å²) in [5, 5.41) is 2.83. The molecule has 0 atom stereocenters. The van der Waals surface area contributed by atoms with E-state index < -0.39 is 0 Å². The first-order chi connectivity index (χ1) is 12.1. The maximum absolute atomic E-state index is 12.5. The van der Waals surface area contributed by atoms with Crippen molar-refractivity contribution in [1.82, 2.24) is 0 Å². The molecule has 0 saturated carbocycles. The minimum atomic E-state index is -0.274. The van der Waals surface area contributed by atoms with Gasteiger partial charge in [-0.2, -0.15) is 0 Å². The molecule has 2 aromatic rings. The van der Waals surface area contributed by atoms with Crippen LogP contribution in [0.15, 0.2) is 42.5 Å². The summed E-state index contributed by atoms with van der Waals surface area (Å²) < 4.78 is 10.6. The average Bonchev–Trinajstić information content (AvgIpc) is 3.07. The average molecular weight is 340 g/mol. The zero-order valence-corrected chi connectivity index (χ0v) is 14.2. The molecule has 0 unspecified atom stereocenters. The number of hydrogen-bond donors (Lipinski definition) is 1. The van der Waals surface area contributed by atoms with E-state index in [-0.39, 0.29) is 11.8 Å². The molecule has 0 radical (unpaired) electrons. The summed E-state index contributed by atoms with van der Waals surface area (Å²) in [4.78, 5) is 26.2. The Kier molecular flexibility index (Phi) is 4.88. The predicted molar refractivity (Wildman–Crippen MR) is 95.5 cm³/mol. The van der Waals surface area contributed by atoms with E-state index in [9.17, 15) is 9.59 Å². The number of nitrogens with zero attached hydrogens (tertiary/aromatic N) is 1. The van der Waals surface area contributed by atoms with Crippen LogP contribution >= 0.6 is 0 Å². The second-order valence-electron chi connectivity index (χ2n) is 5.69. The van der Waals surface area contributed by atoms with Crippen LogP contribution in [0.1, 0.15) is 23.2 Å². The number of anilines is 2. The van der Waals surface area contributed by atoms with Gasteiger partial charge in [-0.15, -0.1) is 0 Å². The van der Waals surface area contributed by atoms with Gasteiger partial charge in [0.05, 0.1) is 25.5 Å². The van der Waals surface area contributed by atoms with E-state index in [0.717, 1.165) is 12.1 Å². The van der Waals surface area contributed by atoms with Gasteiger partial charge in [0.25, 0.3) is 5.91 Å². The normalized spacial score (nSPS) is 13.7. The molecular formula is C19H20N2O4. The standard InChI is InChI=1S/C19H20N2O4/c1-24-16-7-4-3-6-14(16)19(23)20-13-9-10-15(17(12-13)25-2)21-11-5-8-18(21)22/h3-4,6-7,9-10,12H,5,8,11H2,1-2H3,(H,20,23). The van der Waals surface area contributed by atoms with Crippen molar-refractivity contribution in [3.8, 4) is 11.5 Å². The first-order valence-corrected chi connectivity index (χ1v) is 8.07. The number of carbonyl (C=O) groups is 2. The van der Waals surface area contributed by atoms with Crippen molar-refractivity contribution in [2.24, 2.45) is 0 Å². The molecule has 1 saturated heterocycles. The lowest BCUT2D eigenvalue weighted by atomic mass is 10.1. The van der Waals surface area contributed by atoms with Crippen molar-refractivity contribution in [3.63, 3.8) is 0 Å². The fourth-order valence-electron chi connectivity index (χ4n) is 2.91. The van der Waals surface area contributed by atoms with Gasteiger partial charge in [-0.25, -0.2) is 0 Å². The van der Waals surface area contributed by atoms with Crippen LogP contribution in [0.2, 0.25) is 0 Å². The van der Waals surface area contributed by atoms with Crippen LogP contribution in [0, 0.1) is 0 Å². The van der Waals surface area contributed by atoms with Crippen LogP contribution in [0.3, 0.4) is 0 Å². The van der Waals surface area contributed by atoms with E-state index in [1.54, 1.807) is 54.5 Å². The van der Waals surface area contributed by atoms with E-state index in [0.29, 0.717) is 35.7 Å². The van der Waals surface area contributed by atoms with E-state index in [2.05, 4.69) is 5.32 Å². The molecule has 6 nitrogen and oxygen atoms in total. The summed E-state index contributed by atoms with van der Waals surface area (Å²) in [6.07, 6.45) is 1.39. The van der Waals surface area contributed by atoms with Gasteiger partial charge in [0.1, 0.15) is 11.5 Å². The number of benzene rings is 2. The van der Waals surface area contributed by atoms with Crippen LogP contribution in [0.25, 0.3) is 0 Å². The Hall–Kier alpha value is -3.02. The van der Waals surface area contributed by atoms with Gasteiger partial charge in [-0.3, -0.25) is 9.59 Å². The molecule has 0 bridgehead atoms. The number of hydrogen-bond acceptors (Lipinski definition) is 4. The second kappa shape index (κ2) is 7.25. The lowest BCUT2D eigenvalue weighted by Crippen LogP contribution is -2.24. The molecule has 130 valence electrons. The molecule has 6 heteroatoms. The van der Waals surface area contributed by atoms with Crippen molar-refractivity contribution in [2.75, 3.05) is 31.0 Å². The minimum Gasteiger partial charge on any atom is -0.496 e. The van der Waals surface area contributed by atoms with Gasteiger partial charge in [-0.1, -0.05) is 12.1 Å². The van der Waals surface area contributed by atoms with Crippen molar-refractivity contribution in [1.29, 1.82) is 0 Å². The highest BCUT2D eigenvalue weighted by molar-refractivity contribution is 6.06. The highest BCUT2D eigenvalue weighted by Gasteiger charge is 2.24. The predicted octanol–water partition coefficient (Wildman–Crippen LogP) is 3.08. The van der Waals surface area contributed by atoms with Crippen LogP contribution < -0.4 is 19.7 Å². The number of carbonyl (C=O) groups excluding carboxylic acids is 2. The van der Waals surface area contributed by atoms with Gasteiger partial charge < -0.3 is 19.7 Å². The molecule has 3 rings (SSSR count). The maximum Gasteiger partial charge on any atom is 0.259 e. The van der Waals surface area contributed by atoms with Crippen LogP contribution in [0.5, 0.6) is 11.5 Å². The molecule has 0 aromatic heterocycles. The van der Waals surface area contributed by atoms with Crippen molar-refractivity contribution < 1.29 is 19.1 Å². The van der Waals surface area contributed by atoms with Gasteiger partial charge >= 0.3 is 0 Å². The zero-order chi connectivity index (χ0) is 17.8. The van der Waals surface area contributed by atoms with Gasteiger partial charge in [0, 0.05) is 24.7 Å². The summed E-state index contributed by atoms with van der Waals surface area (Å²) in [5.74, 6) is 0.868. The first-order valence-electron chi connectivity index (χ1n) is 8.07. The highest BCUT2D eigenvalue weighted by Crippen LogP contribution is 2.34. The Morgan fingerprint density at radius 3 is 2.52 bits per heavy atom. The van der Waals surface area contributed by atoms with Crippen molar-refractivity contribution >= 4 is 23.2 Å². The molecule has 1 N–H and O–H groups in total. The summed E-state index contributed by atoms with van der Waals surface area (Å²) in [7, 11) is 3.07. The Morgan fingerprint density at radius 2 is 1.84 bits per heavy atom. The van der Waals surface area contributed by atoms with Crippen LogP contribution in [-0.4, -0.2) is 32.6 Å². The maximum atomic E-state index is 12.5. The fraction of sp³-hybridized carbons (Fsp3) is 0.263. The number of ether oxygens (including phenoxy) is 2. The Morgan fingerprint density at radius 1 is 1.08 bits per heavy atom. The Labute approximate surface area is 146 Å². The third-order valence-electron chi connectivity index (χ3n) is 4.15.